The first-order valence-corrected chi connectivity index (χ1v) is 4.22. The van der Waals surface area contributed by atoms with E-state index in [1.54, 1.807) is 30.4 Å². The van der Waals surface area contributed by atoms with Crippen molar-refractivity contribution in [2.24, 2.45) is 0 Å². The number of aliphatic hydroxyl groups is 1. The van der Waals surface area contributed by atoms with E-state index >= 15 is 0 Å². The first kappa shape index (κ1) is 9.59. The van der Waals surface area contributed by atoms with Crippen LogP contribution >= 0.6 is 23.2 Å². The van der Waals surface area contributed by atoms with Crippen LogP contribution in [-0.2, 0) is 0 Å². The Kier molecular flexibility index (Phi) is 3.60. The van der Waals surface area contributed by atoms with Gasteiger partial charge in [-0.1, -0.05) is 41.4 Å². The van der Waals surface area contributed by atoms with Gasteiger partial charge in [-0.3, -0.25) is 0 Å². The minimum Gasteiger partial charge on any atom is -0.392 e. The number of halogens is 2. The third-order valence-corrected chi connectivity index (χ3v) is 2.05. The lowest BCUT2D eigenvalue weighted by atomic mass is 10.2. The Labute approximate surface area is 81.2 Å². The van der Waals surface area contributed by atoms with Crippen molar-refractivity contribution in [1.29, 1.82) is 0 Å². The average molecular weight is 203 g/mol. The van der Waals surface area contributed by atoms with E-state index < -0.39 is 0 Å². The summed E-state index contributed by atoms with van der Waals surface area (Å²) in [6.07, 6.45) is 3.29. The van der Waals surface area contributed by atoms with Gasteiger partial charge >= 0.3 is 0 Å². The van der Waals surface area contributed by atoms with Crippen LogP contribution in [0, 0.1) is 0 Å². The van der Waals surface area contributed by atoms with Crippen molar-refractivity contribution in [3.63, 3.8) is 0 Å². The molecule has 0 saturated heterocycles. The van der Waals surface area contributed by atoms with Crippen LogP contribution in [0.1, 0.15) is 5.56 Å². The monoisotopic (exact) mass is 202 g/mol. The predicted molar refractivity (Wildman–Crippen MR) is 52.6 cm³/mol. The highest BCUT2D eigenvalue weighted by atomic mass is 35.5. The van der Waals surface area contributed by atoms with E-state index in [0.29, 0.717) is 10.0 Å². The molecule has 1 rings (SSSR count). The van der Waals surface area contributed by atoms with Crippen LogP contribution < -0.4 is 0 Å². The van der Waals surface area contributed by atoms with Gasteiger partial charge in [0.25, 0.3) is 0 Å². The summed E-state index contributed by atoms with van der Waals surface area (Å²) in [6, 6.07) is 5.29. The van der Waals surface area contributed by atoms with Crippen LogP contribution in [-0.4, -0.2) is 11.7 Å². The lowest BCUT2D eigenvalue weighted by Crippen LogP contribution is -1.78. The van der Waals surface area contributed by atoms with Gasteiger partial charge < -0.3 is 5.11 Å². The Hall–Kier alpha value is -0.500. The first-order valence-electron chi connectivity index (χ1n) is 3.47. The molecule has 0 radical (unpaired) electrons. The summed E-state index contributed by atoms with van der Waals surface area (Å²) >= 11 is 11.7. The predicted octanol–water partition coefficient (Wildman–Crippen LogP) is 3.00. The van der Waals surface area contributed by atoms with Gasteiger partial charge in [0, 0.05) is 15.6 Å². The van der Waals surface area contributed by atoms with Gasteiger partial charge in [-0.25, -0.2) is 0 Å². The highest BCUT2D eigenvalue weighted by Crippen LogP contribution is 2.25. The molecule has 0 aliphatic rings. The van der Waals surface area contributed by atoms with Crippen LogP contribution in [0.3, 0.4) is 0 Å². The molecule has 0 atom stereocenters. The molecule has 0 saturated carbocycles. The molecule has 0 heterocycles. The molecule has 0 spiro atoms. The fraction of sp³-hybridized carbons (Fsp3) is 0.111. The van der Waals surface area contributed by atoms with Crippen LogP contribution in [0.2, 0.25) is 10.0 Å². The molecular weight excluding hydrogens is 195 g/mol. The minimum atomic E-state index is -0.0123. The molecular formula is C9H8Cl2O. The van der Waals surface area contributed by atoms with Crippen molar-refractivity contribution < 1.29 is 5.11 Å². The lowest BCUT2D eigenvalue weighted by Gasteiger charge is -1.99. The van der Waals surface area contributed by atoms with Crippen molar-refractivity contribution in [2.45, 2.75) is 0 Å². The van der Waals surface area contributed by atoms with E-state index in [-0.39, 0.29) is 6.61 Å². The topological polar surface area (TPSA) is 20.2 Å². The summed E-state index contributed by atoms with van der Waals surface area (Å²) in [4.78, 5) is 0. The van der Waals surface area contributed by atoms with Crippen LogP contribution in [0.4, 0.5) is 0 Å². The Morgan fingerprint density at radius 1 is 1.25 bits per heavy atom. The summed E-state index contributed by atoms with van der Waals surface area (Å²) < 4.78 is 0. The highest BCUT2D eigenvalue weighted by Gasteiger charge is 1.99. The SMILES string of the molecule is OC/C=C/c1c(Cl)cccc1Cl. The first-order chi connectivity index (χ1) is 5.75. The standard InChI is InChI=1S/C9H8Cl2O/c10-8-4-1-5-9(11)7(8)3-2-6-12/h1-5,12H,6H2/b3-2+. The maximum atomic E-state index is 8.54. The molecule has 3 heteroatoms. The number of aliphatic hydroxyl groups excluding tert-OH is 1. The molecule has 1 N–H and O–H groups in total. The zero-order valence-corrected chi connectivity index (χ0v) is 7.81. The maximum absolute atomic E-state index is 8.54. The quantitative estimate of drug-likeness (QED) is 0.783. The number of benzene rings is 1. The van der Waals surface area contributed by atoms with E-state index in [1.807, 2.05) is 0 Å². The third-order valence-electron chi connectivity index (χ3n) is 1.39. The molecule has 1 aromatic rings. The Morgan fingerprint density at radius 2 is 1.83 bits per heavy atom. The molecule has 1 nitrogen and oxygen atoms in total. The fourth-order valence-electron chi connectivity index (χ4n) is 0.840. The molecule has 0 bridgehead atoms. The van der Waals surface area contributed by atoms with Crippen molar-refractivity contribution in [3.8, 4) is 0 Å². The van der Waals surface area contributed by atoms with Crippen molar-refractivity contribution in [1.82, 2.24) is 0 Å². The van der Waals surface area contributed by atoms with Gasteiger partial charge in [-0.05, 0) is 12.1 Å². The molecule has 1 aromatic carbocycles. The van der Waals surface area contributed by atoms with Crippen LogP contribution in [0.25, 0.3) is 6.08 Å². The largest absolute Gasteiger partial charge is 0.392 e. The highest BCUT2D eigenvalue weighted by molar-refractivity contribution is 6.37. The summed E-state index contributed by atoms with van der Waals surface area (Å²) in [5.74, 6) is 0. The van der Waals surface area contributed by atoms with Crippen molar-refractivity contribution in [2.75, 3.05) is 6.61 Å². The van der Waals surface area contributed by atoms with Gasteiger partial charge in [0.05, 0.1) is 6.61 Å². The van der Waals surface area contributed by atoms with Gasteiger partial charge in [0.1, 0.15) is 0 Å². The summed E-state index contributed by atoms with van der Waals surface area (Å²) in [7, 11) is 0. The number of rotatable bonds is 2. The Balaban J connectivity index is 3.04. The Bertz CT molecular complexity index is 274. The average Bonchev–Trinajstić information content (AvgIpc) is 2.04. The maximum Gasteiger partial charge on any atom is 0.0615 e. The van der Waals surface area contributed by atoms with Crippen LogP contribution in [0.15, 0.2) is 24.3 Å². The zero-order chi connectivity index (χ0) is 8.97. The molecule has 64 valence electrons. The third kappa shape index (κ3) is 2.24. The van der Waals surface area contributed by atoms with Gasteiger partial charge in [0.15, 0.2) is 0 Å². The molecule has 0 unspecified atom stereocenters. The summed E-state index contributed by atoms with van der Waals surface area (Å²) in [5.41, 5.74) is 0.745. The summed E-state index contributed by atoms with van der Waals surface area (Å²) in [5, 5.41) is 9.72. The smallest absolute Gasteiger partial charge is 0.0615 e. The van der Waals surface area contributed by atoms with Gasteiger partial charge in [0.2, 0.25) is 0 Å². The van der Waals surface area contributed by atoms with Crippen molar-refractivity contribution in [3.05, 3.63) is 39.9 Å². The van der Waals surface area contributed by atoms with E-state index in [4.69, 9.17) is 28.3 Å². The van der Waals surface area contributed by atoms with Gasteiger partial charge in [-0.15, -0.1) is 0 Å². The van der Waals surface area contributed by atoms with Crippen LogP contribution in [0.5, 0.6) is 0 Å². The molecule has 0 aromatic heterocycles. The van der Waals surface area contributed by atoms with E-state index in [1.165, 1.54) is 0 Å². The number of hydrogen-bond donors (Lipinski definition) is 1. The second kappa shape index (κ2) is 4.51. The normalized spacial score (nSPS) is 10.9. The van der Waals surface area contributed by atoms with Gasteiger partial charge in [-0.2, -0.15) is 0 Å². The molecule has 0 amide bonds. The summed E-state index contributed by atoms with van der Waals surface area (Å²) in [6.45, 7) is -0.0123. The Morgan fingerprint density at radius 3 is 2.33 bits per heavy atom. The van der Waals surface area contributed by atoms with E-state index in [0.717, 1.165) is 5.56 Å². The van der Waals surface area contributed by atoms with E-state index in [2.05, 4.69) is 0 Å². The second-order valence-corrected chi connectivity index (χ2v) is 3.03. The fourth-order valence-corrected chi connectivity index (χ4v) is 1.36. The van der Waals surface area contributed by atoms with E-state index in [9.17, 15) is 0 Å². The molecule has 12 heavy (non-hydrogen) atoms. The number of hydrogen-bond acceptors (Lipinski definition) is 1. The molecule has 0 fully saturated rings. The van der Waals surface area contributed by atoms with Crippen molar-refractivity contribution >= 4 is 29.3 Å². The zero-order valence-electron chi connectivity index (χ0n) is 6.30. The lowest BCUT2D eigenvalue weighted by molar-refractivity contribution is 0.343. The second-order valence-electron chi connectivity index (χ2n) is 2.22. The molecule has 0 aliphatic heterocycles. The minimum absolute atomic E-state index is 0.0123. The molecule has 0 aliphatic carbocycles.